The Morgan fingerprint density at radius 2 is 0.818 bits per heavy atom. The van der Waals surface area contributed by atoms with Crippen molar-refractivity contribution in [2.45, 2.75) is 45.8 Å². The molecule has 0 atom stereocenters. The Kier molecular flexibility index (Phi) is 3.73. The molecular weight excluding hydrogens is 296 g/mol. The van der Waals surface area contributed by atoms with Crippen LogP contribution in [0, 0.1) is 0 Å². The number of rotatable bonds is 2. The molecule has 0 N–H and O–H groups in total. The molecule has 4 heteroatoms. The van der Waals surface area contributed by atoms with Gasteiger partial charge in [-0.1, -0.05) is 0 Å². The first-order chi connectivity index (χ1) is 4.50. The molecule has 0 bridgehead atoms. The van der Waals surface area contributed by atoms with Crippen LogP contribution in [0.5, 0.6) is 0 Å². The van der Waals surface area contributed by atoms with E-state index in [0.29, 0.717) is 0 Å². The third-order valence-corrected chi connectivity index (χ3v) is 70.7. The van der Waals surface area contributed by atoms with Crippen molar-refractivity contribution in [2.75, 3.05) is 0 Å². The summed E-state index contributed by atoms with van der Waals surface area (Å²) in [6.45, 7) is 18.0. The van der Waals surface area contributed by atoms with Gasteiger partial charge in [0.1, 0.15) is 0 Å². The first kappa shape index (κ1) is 12.4. The van der Waals surface area contributed by atoms with Gasteiger partial charge in [-0.15, -0.1) is 0 Å². The summed E-state index contributed by atoms with van der Waals surface area (Å²) < 4.78 is -0.819. The molecule has 0 aliphatic carbocycles. The zero-order valence-corrected chi connectivity index (χ0v) is 14.2. The van der Waals surface area contributed by atoms with Crippen LogP contribution in [0.1, 0.15) is 0 Å². The summed E-state index contributed by atoms with van der Waals surface area (Å²) >= 11 is 2.54. The molecule has 0 nitrogen and oxygen atoms in total. The van der Waals surface area contributed by atoms with E-state index in [-0.39, 0.29) is 0 Å². The van der Waals surface area contributed by atoms with E-state index in [1.54, 1.807) is 0 Å². The van der Waals surface area contributed by atoms with Gasteiger partial charge in [-0.2, -0.15) is 0 Å². The molecule has 11 heavy (non-hydrogen) atoms. The van der Waals surface area contributed by atoms with Crippen LogP contribution in [-0.4, -0.2) is 41.3 Å². The molecule has 0 aromatic heterocycles. The molecule has 67 valence electrons. The van der Waals surface area contributed by atoms with Crippen LogP contribution >= 0.6 is 0 Å². The first-order valence-electron chi connectivity index (χ1n) is 4.20. The summed E-state index contributed by atoms with van der Waals surface area (Å²) in [4.78, 5) is 0. The number of hydrogen-bond acceptors (Lipinski definition) is 0. The van der Waals surface area contributed by atoms with Crippen LogP contribution in [0.25, 0.3) is 0 Å². The third-order valence-electron chi connectivity index (χ3n) is 2.86. The summed E-state index contributed by atoms with van der Waals surface area (Å²) in [5.41, 5.74) is 0. The minimum atomic E-state index is -0.819. The molecule has 0 rings (SSSR count). The first-order valence-corrected chi connectivity index (χ1v) is 19.1. The predicted octanol–water partition coefficient (Wildman–Crippen LogP) is 2.56. The van der Waals surface area contributed by atoms with Crippen molar-refractivity contribution in [2.24, 2.45) is 0 Å². The van der Waals surface area contributed by atoms with Gasteiger partial charge in [0.15, 0.2) is 0 Å². The zero-order chi connectivity index (χ0) is 9.50. The molecule has 0 saturated heterocycles. The Balaban J connectivity index is 4.75. The van der Waals surface area contributed by atoms with Crippen molar-refractivity contribution in [1.29, 1.82) is 0 Å². The molecule has 0 aliphatic heterocycles. The van der Waals surface area contributed by atoms with E-state index >= 15 is 0 Å². The summed E-state index contributed by atoms with van der Waals surface area (Å²) in [5, 5.41) is 0. The van der Waals surface area contributed by atoms with Crippen LogP contribution in [0.3, 0.4) is 0 Å². The van der Waals surface area contributed by atoms with E-state index in [1.165, 1.54) is 0 Å². The maximum atomic E-state index is 2.62. The van der Waals surface area contributed by atoms with Gasteiger partial charge in [-0.25, -0.2) is 0 Å². The molecule has 0 heterocycles. The standard InChI is InChI=1S/C7H21Si3Te/c1-8(2,3)10(7,11)9(4,5)6/h1-7H3. The van der Waals surface area contributed by atoms with Crippen molar-refractivity contribution in [3.63, 3.8) is 0 Å². The SMILES string of the molecule is C[Si](C)(C)[Si](C)([Te])[Si](C)(C)C. The minimum absolute atomic E-state index is 0.815. The molecule has 0 aromatic rings. The van der Waals surface area contributed by atoms with Gasteiger partial charge in [0.2, 0.25) is 0 Å². The van der Waals surface area contributed by atoms with Crippen molar-refractivity contribution >= 4 is 41.3 Å². The van der Waals surface area contributed by atoms with E-state index in [4.69, 9.17) is 0 Å². The molecule has 0 amide bonds. The van der Waals surface area contributed by atoms with Crippen molar-refractivity contribution < 1.29 is 0 Å². The second-order valence-corrected chi connectivity index (χ2v) is 46.8. The van der Waals surface area contributed by atoms with Crippen molar-refractivity contribution in [3.05, 3.63) is 0 Å². The van der Waals surface area contributed by atoms with Crippen molar-refractivity contribution in [1.82, 2.24) is 0 Å². The van der Waals surface area contributed by atoms with Crippen LogP contribution in [0.4, 0.5) is 0 Å². The molecule has 1 radical (unpaired) electrons. The average Bonchev–Trinajstić information content (AvgIpc) is 1.58. The van der Waals surface area contributed by atoms with Gasteiger partial charge in [-0.05, 0) is 0 Å². The molecule has 0 unspecified atom stereocenters. The Hall–Kier alpha value is 1.44. The third kappa shape index (κ3) is 2.70. The van der Waals surface area contributed by atoms with Gasteiger partial charge in [0.05, 0.1) is 0 Å². The maximum absolute atomic E-state index is 2.62. The normalized spacial score (nSPS) is 15.3. The van der Waals surface area contributed by atoms with Crippen LogP contribution in [0.2, 0.25) is 45.8 Å². The summed E-state index contributed by atoms with van der Waals surface area (Å²) in [5.74, 6) is 0. The fraction of sp³-hybridized carbons (Fsp3) is 1.00. The fourth-order valence-corrected chi connectivity index (χ4v) is 30.4. The van der Waals surface area contributed by atoms with E-state index in [0.717, 1.165) is 0 Å². The molecule has 0 fully saturated rings. The van der Waals surface area contributed by atoms with E-state index in [9.17, 15) is 0 Å². The molecule has 0 aromatic carbocycles. The van der Waals surface area contributed by atoms with Gasteiger partial charge in [0, 0.05) is 0 Å². The molecule has 0 aliphatic rings. The topological polar surface area (TPSA) is 0 Å². The van der Waals surface area contributed by atoms with Gasteiger partial charge in [-0.3, -0.25) is 0 Å². The Labute approximate surface area is 86.8 Å². The second-order valence-electron chi connectivity index (χ2n) is 5.53. The van der Waals surface area contributed by atoms with E-state index in [2.05, 4.69) is 67.3 Å². The summed E-state index contributed by atoms with van der Waals surface area (Å²) in [7, 11) is -1.63. The zero-order valence-electron chi connectivity index (χ0n) is 8.91. The molecule has 0 spiro atoms. The van der Waals surface area contributed by atoms with Crippen molar-refractivity contribution in [3.8, 4) is 0 Å². The molecule has 0 saturated carbocycles. The van der Waals surface area contributed by atoms with Crippen LogP contribution in [0.15, 0.2) is 0 Å². The van der Waals surface area contributed by atoms with E-state index < -0.39 is 19.8 Å². The monoisotopic (exact) mass is 319 g/mol. The Morgan fingerprint density at radius 3 is 0.818 bits per heavy atom. The second kappa shape index (κ2) is 3.30. The van der Waals surface area contributed by atoms with E-state index in [1.807, 2.05) is 0 Å². The summed E-state index contributed by atoms with van der Waals surface area (Å²) in [6, 6.07) is 0. The van der Waals surface area contributed by atoms with Gasteiger partial charge >= 0.3 is 87.2 Å². The van der Waals surface area contributed by atoms with Crippen LogP contribution < -0.4 is 0 Å². The van der Waals surface area contributed by atoms with Gasteiger partial charge < -0.3 is 0 Å². The predicted molar refractivity (Wildman–Crippen MR) is 64.1 cm³/mol. The number of hydrogen-bond donors (Lipinski definition) is 0. The average molecular weight is 317 g/mol. The van der Waals surface area contributed by atoms with Crippen LogP contribution in [-0.2, 0) is 0 Å². The quantitative estimate of drug-likeness (QED) is 0.687. The Morgan fingerprint density at radius 1 is 0.636 bits per heavy atom. The fourth-order valence-electron chi connectivity index (χ4n) is 1.12. The molecular formula is C7H21Si3Te. The summed E-state index contributed by atoms with van der Waals surface area (Å²) in [6.07, 6.45) is 0. The Bertz CT molecular complexity index is 125. The van der Waals surface area contributed by atoms with Gasteiger partial charge in [0.25, 0.3) is 0 Å².